The fourth-order valence-corrected chi connectivity index (χ4v) is 2.89. The Bertz CT molecular complexity index is 312. The van der Waals surface area contributed by atoms with E-state index >= 15 is 0 Å². The third-order valence-electron chi connectivity index (χ3n) is 3.82. The normalized spacial score (nSPS) is 26.5. The Morgan fingerprint density at radius 2 is 1.74 bits per heavy atom. The van der Waals surface area contributed by atoms with Crippen LogP contribution in [0.25, 0.3) is 0 Å². The zero-order chi connectivity index (χ0) is 14.8. The van der Waals surface area contributed by atoms with Crippen LogP contribution in [-0.2, 0) is 9.53 Å². The van der Waals surface area contributed by atoms with Gasteiger partial charge >= 0.3 is 0 Å². The number of carbonyl (C=O) groups excluding carboxylic acids is 1. The number of carbonyl (C=O) groups is 1. The lowest BCUT2D eigenvalue weighted by atomic mass is 9.69. The van der Waals surface area contributed by atoms with Crippen molar-refractivity contribution in [2.75, 3.05) is 19.7 Å². The second kappa shape index (κ2) is 5.82. The highest BCUT2D eigenvalue weighted by Crippen LogP contribution is 2.40. The second-order valence-corrected chi connectivity index (χ2v) is 7.83. The number of hydrogen-bond acceptors (Lipinski definition) is 2. The van der Waals surface area contributed by atoms with Crippen molar-refractivity contribution in [3.8, 4) is 0 Å². The minimum atomic E-state index is -0.0780. The van der Waals surface area contributed by atoms with E-state index in [1.165, 1.54) is 0 Å². The summed E-state index contributed by atoms with van der Waals surface area (Å²) in [5.74, 6) is 0.202. The van der Waals surface area contributed by atoms with Gasteiger partial charge in [-0.3, -0.25) is 4.79 Å². The zero-order valence-corrected chi connectivity index (χ0v) is 13.7. The molecule has 2 atom stereocenters. The molecule has 3 heteroatoms. The molecule has 3 nitrogen and oxygen atoms in total. The monoisotopic (exact) mass is 269 g/mol. The molecule has 1 aliphatic heterocycles. The van der Waals surface area contributed by atoms with E-state index in [4.69, 9.17) is 4.74 Å². The lowest BCUT2D eigenvalue weighted by molar-refractivity contribution is -0.146. The molecule has 0 aromatic heterocycles. The molecule has 0 N–H and O–H groups in total. The number of hydrogen-bond donors (Lipinski definition) is 0. The molecule has 112 valence electrons. The molecule has 19 heavy (non-hydrogen) atoms. The molecule has 0 aliphatic carbocycles. The topological polar surface area (TPSA) is 29.5 Å². The molecule has 0 aromatic rings. The molecule has 0 spiro atoms. The molecular weight excluding hydrogens is 238 g/mol. The van der Waals surface area contributed by atoms with Crippen LogP contribution in [0.2, 0.25) is 0 Å². The van der Waals surface area contributed by atoms with E-state index < -0.39 is 0 Å². The van der Waals surface area contributed by atoms with Crippen molar-refractivity contribution in [3.63, 3.8) is 0 Å². The predicted octanol–water partition coefficient (Wildman–Crippen LogP) is 3.33. The van der Waals surface area contributed by atoms with Crippen LogP contribution in [0.5, 0.6) is 0 Å². The van der Waals surface area contributed by atoms with E-state index in [-0.39, 0.29) is 28.8 Å². The van der Waals surface area contributed by atoms with E-state index in [0.717, 1.165) is 19.5 Å². The minimum Gasteiger partial charge on any atom is -0.375 e. The van der Waals surface area contributed by atoms with Gasteiger partial charge in [-0.05, 0) is 17.3 Å². The van der Waals surface area contributed by atoms with Gasteiger partial charge in [0.05, 0.1) is 18.6 Å². The number of amides is 1. The highest BCUT2D eigenvalue weighted by atomic mass is 16.5. The van der Waals surface area contributed by atoms with Gasteiger partial charge in [0.1, 0.15) is 0 Å². The molecule has 0 radical (unpaired) electrons. The fourth-order valence-electron chi connectivity index (χ4n) is 2.89. The zero-order valence-electron chi connectivity index (χ0n) is 13.7. The van der Waals surface area contributed by atoms with Crippen LogP contribution in [-0.4, -0.2) is 36.6 Å². The summed E-state index contributed by atoms with van der Waals surface area (Å²) in [4.78, 5) is 14.9. The largest absolute Gasteiger partial charge is 0.375 e. The highest BCUT2D eigenvalue weighted by Gasteiger charge is 2.46. The van der Waals surface area contributed by atoms with E-state index in [2.05, 4.69) is 48.5 Å². The SMILES string of the molecule is CCCN1CCOC(C(C)(C)C)C(C(C)(C)C)C1=O. The fraction of sp³-hybridized carbons (Fsp3) is 0.938. The highest BCUT2D eigenvalue weighted by molar-refractivity contribution is 5.80. The maximum Gasteiger partial charge on any atom is 0.228 e. The molecule has 1 heterocycles. The van der Waals surface area contributed by atoms with Gasteiger partial charge in [-0.25, -0.2) is 0 Å². The predicted molar refractivity (Wildman–Crippen MR) is 79.0 cm³/mol. The van der Waals surface area contributed by atoms with E-state index in [9.17, 15) is 4.79 Å². The van der Waals surface area contributed by atoms with Crippen molar-refractivity contribution in [2.24, 2.45) is 16.7 Å². The van der Waals surface area contributed by atoms with Crippen LogP contribution in [0.3, 0.4) is 0 Å². The summed E-state index contributed by atoms with van der Waals surface area (Å²) in [6.07, 6.45) is 0.991. The van der Waals surface area contributed by atoms with E-state index in [0.29, 0.717) is 6.61 Å². The Kier molecular flexibility index (Phi) is 5.05. The summed E-state index contributed by atoms with van der Waals surface area (Å²) in [7, 11) is 0. The van der Waals surface area contributed by atoms with Crippen LogP contribution in [0, 0.1) is 16.7 Å². The average Bonchev–Trinajstić information content (AvgIpc) is 2.38. The summed E-state index contributed by atoms with van der Waals surface area (Å²) in [5, 5.41) is 0. The summed E-state index contributed by atoms with van der Waals surface area (Å²) in [5.41, 5.74) is -0.0960. The molecule has 1 fully saturated rings. The van der Waals surface area contributed by atoms with Gasteiger partial charge in [0, 0.05) is 13.1 Å². The smallest absolute Gasteiger partial charge is 0.228 e. The lowest BCUT2D eigenvalue weighted by Gasteiger charge is -2.41. The summed E-state index contributed by atoms with van der Waals surface area (Å²) in [6.45, 7) is 17.3. The molecule has 1 amide bonds. The molecule has 0 bridgehead atoms. The first-order valence-electron chi connectivity index (χ1n) is 7.49. The van der Waals surface area contributed by atoms with Crippen molar-refractivity contribution < 1.29 is 9.53 Å². The van der Waals surface area contributed by atoms with Crippen molar-refractivity contribution in [2.45, 2.75) is 61.0 Å². The van der Waals surface area contributed by atoms with Crippen molar-refractivity contribution in [1.82, 2.24) is 4.90 Å². The van der Waals surface area contributed by atoms with E-state index in [1.54, 1.807) is 0 Å². The van der Waals surface area contributed by atoms with Crippen molar-refractivity contribution in [3.05, 3.63) is 0 Å². The second-order valence-electron chi connectivity index (χ2n) is 7.83. The minimum absolute atomic E-state index is 0.0122. The van der Waals surface area contributed by atoms with Gasteiger partial charge in [-0.1, -0.05) is 48.5 Å². The van der Waals surface area contributed by atoms with Crippen molar-refractivity contribution in [1.29, 1.82) is 0 Å². The molecule has 1 rings (SSSR count). The van der Waals surface area contributed by atoms with Crippen LogP contribution in [0.15, 0.2) is 0 Å². The molecule has 1 saturated heterocycles. The Morgan fingerprint density at radius 3 is 2.16 bits per heavy atom. The number of ether oxygens (including phenoxy) is 1. The summed E-state index contributed by atoms with van der Waals surface area (Å²) in [6, 6.07) is 0. The third kappa shape index (κ3) is 3.95. The molecular formula is C16H31NO2. The Morgan fingerprint density at radius 1 is 1.16 bits per heavy atom. The Hall–Kier alpha value is -0.570. The van der Waals surface area contributed by atoms with Crippen molar-refractivity contribution >= 4 is 5.91 Å². The van der Waals surface area contributed by atoms with Crippen LogP contribution in [0.1, 0.15) is 54.9 Å². The quantitative estimate of drug-likeness (QED) is 0.769. The van der Waals surface area contributed by atoms with Gasteiger partial charge in [0.2, 0.25) is 5.91 Å². The maximum absolute atomic E-state index is 12.9. The third-order valence-corrected chi connectivity index (χ3v) is 3.82. The average molecular weight is 269 g/mol. The van der Waals surface area contributed by atoms with E-state index in [1.807, 2.05) is 4.90 Å². The standard InChI is InChI=1S/C16H31NO2/c1-8-9-17-10-11-19-13(16(5,6)7)12(14(17)18)15(2,3)4/h12-13H,8-11H2,1-7H3. The number of rotatable bonds is 2. The molecule has 0 saturated carbocycles. The number of nitrogens with zero attached hydrogens (tertiary/aromatic N) is 1. The van der Waals surface area contributed by atoms with Gasteiger partial charge in [0.15, 0.2) is 0 Å². The first-order valence-corrected chi connectivity index (χ1v) is 7.49. The molecule has 0 aromatic carbocycles. The van der Waals surface area contributed by atoms with Crippen LogP contribution < -0.4 is 0 Å². The van der Waals surface area contributed by atoms with Gasteiger partial charge < -0.3 is 9.64 Å². The molecule has 2 unspecified atom stereocenters. The van der Waals surface area contributed by atoms with Gasteiger partial charge in [-0.2, -0.15) is 0 Å². The lowest BCUT2D eigenvalue weighted by Crippen LogP contribution is -2.49. The Balaban J connectivity index is 3.11. The summed E-state index contributed by atoms with van der Waals surface area (Å²) >= 11 is 0. The Labute approximate surface area is 118 Å². The van der Waals surface area contributed by atoms with Crippen LogP contribution in [0.4, 0.5) is 0 Å². The first-order chi connectivity index (χ1) is 8.59. The van der Waals surface area contributed by atoms with Crippen LogP contribution >= 0.6 is 0 Å². The maximum atomic E-state index is 12.9. The first kappa shape index (κ1) is 16.5. The molecule has 1 aliphatic rings. The summed E-state index contributed by atoms with van der Waals surface area (Å²) < 4.78 is 6.09. The van der Waals surface area contributed by atoms with Gasteiger partial charge in [0.25, 0.3) is 0 Å². The van der Waals surface area contributed by atoms with Gasteiger partial charge in [-0.15, -0.1) is 0 Å².